The predicted molar refractivity (Wildman–Crippen MR) is 115 cm³/mol. The molecule has 1 unspecified atom stereocenters. The van der Waals surface area contributed by atoms with Crippen molar-refractivity contribution < 1.29 is 19.1 Å². The van der Waals surface area contributed by atoms with Crippen LogP contribution in [0.1, 0.15) is 42.6 Å². The number of β-amino-alcohol motifs (C(OH)–C–C–N with tert-alkyl or cyclic N) is 1. The van der Waals surface area contributed by atoms with Gasteiger partial charge in [0.05, 0.1) is 19.8 Å². The van der Waals surface area contributed by atoms with E-state index in [0.717, 1.165) is 57.7 Å². The van der Waals surface area contributed by atoms with E-state index in [9.17, 15) is 9.90 Å². The van der Waals surface area contributed by atoms with Crippen molar-refractivity contribution in [3.63, 3.8) is 0 Å². The molecule has 1 amide bonds. The Hall–Kier alpha value is -2.42. The van der Waals surface area contributed by atoms with Gasteiger partial charge in [0.1, 0.15) is 12.0 Å². The van der Waals surface area contributed by atoms with Crippen LogP contribution in [0.25, 0.3) is 0 Å². The summed E-state index contributed by atoms with van der Waals surface area (Å²) >= 11 is 0. The molecule has 8 heteroatoms. The Labute approximate surface area is 177 Å². The minimum atomic E-state index is -0.305. The van der Waals surface area contributed by atoms with Gasteiger partial charge in [0, 0.05) is 38.4 Å². The highest BCUT2D eigenvalue weighted by molar-refractivity contribution is 6.02. The molecular formula is C22H32N4O4. The maximum Gasteiger partial charge on any atom is 0.277 e. The van der Waals surface area contributed by atoms with Crippen molar-refractivity contribution in [2.45, 2.75) is 38.8 Å². The number of carbonyl (C=O) groups excluding carboxylic acids is 1. The van der Waals surface area contributed by atoms with Gasteiger partial charge >= 0.3 is 0 Å². The molecule has 1 saturated heterocycles. The van der Waals surface area contributed by atoms with Crippen LogP contribution < -0.4 is 10.1 Å². The van der Waals surface area contributed by atoms with E-state index in [2.05, 4.69) is 27.0 Å². The molecule has 3 rings (SSSR count). The highest BCUT2D eigenvalue weighted by Crippen LogP contribution is 2.16. The Kier molecular flexibility index (Phi) is 8.24. The third-order valence-corrected chi connectivity index (χ3v) is 5.32. The standard InChI is InChI=1S/C22H32N4O4/c1-3-4-5-18(27)14-25-10-12-26(13-11-25)15-21-24-20(16-30-21)22(28)23-17-6-8-19(29-2)9-7-17/h6-9,16,18,27H,3-5,10-15H2,1-2H3,(H,23,28). The zero-order chi connectivity index (χ0) is 21.3. The van der Waals surface area contributed by atoms with E-state index < -0.39 is 0 Å². The fraction of sp³-hybridized carbons (Fsp3) is 0.545. The first-order valence-corrected chi connectivity index (χ1v) is 10.6. The number of aromatic nitrogens is 1. The van der Waals surface area contributed by atoms with Crippen molar-refractivity contribution in [2.24, 2.45) is 0 Å². The smallest absolute Gasteiger partial charge is 0.277 e. The van der Waals surface area contributed by atoms with Crippen molar-refractivity contribution in [1.29, 1.82) is 0 Å². The van der Waals surface area contributed by atoms with E-state index in [4.69, 9.17) is 9.15 Å². The van der Waals surface area contributed by atoms with Crippen LogP contribution in [0.5, 0.6) is 5.75 Å². The topological polar surface area (TPSA) is 91.1 Å². The second kappa shape index (κ2) is 11.1. The first-order valence-electron chi connectivity index (χ1n) is 10.6. The number of hydrogen-bond donors (Lipinski definition) is 2. The molecule has 1 aliphatic rings. The van der Waals surface area contributed by atoms with E-state index >= 15 is 0 Å². The zero-order valence-corrected chi connectivity index (χ0v) is 17.8. The highest BCUT2D eigenvalue weighted by atomic mass is 16.5. The summed E-state index contributed by atoms with van der Waals surface area (Å²) in [7, 11) is 1.60. The predicted octanol–water partition coefficient (Wildman–Crippen LogP) is 2.60. The fourth-order valence-electron chi connectivity index (χ4n) is 3.51. The maximum absolute atomic E-state index is 12.4. The number of benzene rings is 1. The number of nitrogens with one attached hydrogen (secondary N) is 1. The summed E-state index contributed by atoms with van der Waals surface area (Å²) in [5.41, 5.74) is 0.932. The van der Waals surface area contributed by atoms with E-state index in [0.29, 0.717) is 18.1 Å². The van der Waals surface area contributed by atoms with Crippen molar-refractivity contribution >= 4 is 11.6 Å². The Balaban J connectivity index is 1.43. The molecule has 1 aliphatic heterocycles. The molecular weight excluding hydrogens is 384 g/mol. The van der Waals surface area contributed by atoms with Gasteiger partial charge in [-0.15, -0.1) is 0 Å². The SMILES string of the molecule is CCCCC(O)CN1CCN(Cc2nc(C(=O)Nc3ccc(OC)cc3)co2)CC1. The van der Waals surface area contributed by atoms with Crippen molar-refractivity contribution in [3.8, 4) is 5.75 Å². The zero-order valence-electron chi connectivity index (χ0n) is 17.8. The van der Waals surface area contributed by atoms with Crippen LogP contribution in [0.15, 0.2) is 34.9 Å². The van der Waals surface area contributed by atoms with Crippen molar-refractivity contribution in [3.05, 3.63) is 42.1 Å². The van der Waals surface area contributed by atoms with Crippen LogP contribution in [0.3, 0.4) is 0 Å². The number of nitrogens with zero attached hydrogens (tertiary/aromatic N) is 3. The Morgan fingerprint density at radius 1 is 1.23 bits per heavy atom. The quantitative estimate of drug-likeness (QED) is 0.615. The number of unbranched alkanes of at least 4 members (excludes halogenated alkanes) is 1. The average Bonchev–Trinajstić information content (AvgIpc) is 3.23. The summed E-state index contributed by atoms with van der Waals surface area (Å²) < 4.78 is 10.6. The number of amides is 1. The summed E-state index contributed by atoms with van der Waals surface area (Å²) in [4.78, 5) is 21.3. The number of carbonyl (C=O) groups is 1. The summed E-state index contributed by atoms with van der Waals surface area (Å²) in [6.45, 7) is 7.04. The number of oxazole rings is 1. The van der Waals surface area contributed by atoms with Crippen LogP contribution in [0.4, 0.5) is 5.69 Å². The molecule has 0 bridgehead atoms. The van der Waals surface area contributed by atoms with Gasteiger partial charge in [-0.3, -0.25) is 14.6 Å². The van der Waals surface area contributed by atoms with Gasteiger partial charge in [-0.05, 0) is 30.7 Å². The summed E-state index contributed by atoms with van der Waals surface area (Å²) in [5, 5.41) is 12.9. The monoisotopic (exact) mass is 416 g/mol. The summed E-state index contributed by atoms with van der Waals surface area (Å²) in [5.74, 6) is 0.958. The lowest BCUT2D eigenvalue weighted by molar-refractivity contribution is 0.0627. The van der Waals surface area contributed by atoms with Crippen LogP contribution in [-0.2, 0) is 6.54 Å². The van der Waals surface area contributed by atoms with Gasteiger partial charge in [-0.2, -0.15) is 0 Å². The van der Waals surface area contributed by atoms with Gasteiger partial charge in [-0.25, -0.2) is 4.98 Å². The second-order valence-electron chi connectivity index (χ2n) is 7.68. The minimum absolute atomic E-state index is 0.241. The molecule has 2 N–H and O–H groups in total. The maximum atomic E-state index is 12.4. The first kappa shape index (κ1) is 22.3. The molecule has 8 nitrogen and oxygen atoms in total. The van der Waals surface area contributed by atoms with E-state index in [-0.39, 0.29) is 17.7 Å². The molecule has 2 heterocycles. The molecule has 1 fully saturated rings. The highest BCUT2D eigenvalue weighted by Gasteiger charge is 2.21. The van der Waals surface area contributed by atoms with Crippen molar-refractivity contribution in [1.82, 2.24) is 14.8 Å². The van der Waals surface area contributed by atoms with E-state index in [1.54, 1.807) is 31.4 Å². The number of methoxy groups -OCH3 is 1. The van der Waals surface area contributed by atoms with Crippen LogP contribution in [-0.4, -0.2) is 71.7 Å². The third kappa shape index (κ3) is 6.55. The molecule has 2 aromatic rings. The molecule has 0 radical (unpaired) electrons. The van der Waals surface area contributed by atoms with Gasteiger partial charge < -0.3 is 19.6 Å². The summed E-state index contributed by atoms with van der Waals surface area (Å²) in [6.07, 6.45) is 4.21. The van der Waals surface area contributed by atoms with Gasteiger partial charge in [0.2, 0.25) is 5.89 Å². The molecule has 1 atom stereocenters. The number of ether oxygens (including phenoxy) is 1. The van der Waals surface area contributed by atoms with Crippen molar-refractivity contribution in [2.75, 3.05) is 45.2 Å². The normalized spacial score (nSPS) is 16.4. The Morgan fingerprint density at radius 2 is 1.93 bits per heavy atom. The lowest BCUT2D eigenvalue weighted by atomic mass is 10.1. The number of aliphatic hydroxyl groups excluding tert-OH is 1. The lowest BCUT2D eigenvalue weighted by Crippen LogP contribution is -2.48. The lowest BCUT2D eigenvalue weighted by Gasteiger charge is -2.35. The Bertz CT molecular complexity index is 785. The van der Waals surface area contributed by atoms with Gasteiger partial charge in [0.15, 0.2) is 5.69 Å². The molecule has 1 aromatic heterocycles. The molecule has 0 spiro atoms. The molecule has 30 heavy (non-hydrogen) atoms. The molecule has 1 aromatic carbocycles. The van der Waals surface area contributed by atoms with Gasteiger partial charge in [-0.1, -0.05) is 19.8 Å². The first-order chi connectivity index (χ1) is 14.6. The molecule has 164 valence electrons. The molecule has 0 aliphatic carbocycles. The van der Waals surface area contributed by atoms with Crippen LogP contribution >= 0.6 is 0 Å². The molecule has 0 saturated carbocycles. The van der Waals surface area contributed by atoms with Crippen LogP contribution in [0, 0.1) is 0 Å². The number of hydrogen-bond acceptors (Lipinski definition) is 7. The van der Waals surface area contributed by atoms with Gasteiger partial charge in [0.25, 0.3) is 5.91 Å². The number of piperazine rings is 1. The number of anilines is 1. The average molecular weight is 417 g/mol. The fourth-order valence-corrected chi connectivity index (χ4v) is 3.51. The minimum Gasteiger partial charge on any atom is -0.497 e. The third-order valence-electron chi connectivity index (χ3n) is 5.32. The van der Waals surface area contributed by atoms with E-state index in [1.807, 2.05) is 0 Å². The van der Waals surface area contributed by atoms with Crippen LogP contribution in [0.2, 0.25) is 0 Å². The largest absolute Gasteiger partial charge is 0.497 e. The number of rotatable bonds is 10. The Morgan fingerprint density at radius 3 is 2.60 bits per heavy atom. The van der Waals surface area contributed by atoms with E-state index in [1.165, 1.54) is 6.26 Å². The summed E-state index contributed by atoms with van der Waals surface area (Å²) in [6, 6.07) is 7.12. The number of aliphatic hydroxyl groups is 1. The second-order valence-corrected chi connectivity index (χ2v) is 7.68.